The van der Waals surface area contributed by atoms with E-state index < -0.39 is 0 Å². The Kier molecular flexibility index (Phi) is 4.13. The number of H-pyrrole nitrogens is 1. The number of nitrogens with one attached hydrogen (secondary N) is 2. The fourth-order valence-corrected chi connectivity index (χ4v) is 4.12. The summed E-state index contributed by atoms with van der Waals surface area (Å²) in [6.45, 7) is 9.41. The van der Waals surface area contributed by atoms with Crippen molar-refractivity contribution in [2.24, 2.45) is 0 Å². The Morgan fingerprint density at radius 3 is 2.74 bits per heavy atom. The molecule has 0 unspecified atom stereocenters. The second-order valence-electron chi connectivity index (χ2n) is 7.81. The van der Waals surface area contributed by atoms with E-state index >= 15 is 0 Å². The zero-order valence-corrected chi connectivity index (χ0v) is 16.1. The van der Waals surface area contributed by atoms with Gasteiger partial charge in [0.05, 0.1) is 16.7 Å². The molecule has 4 heterocycles. The number of hydrogen-bond donors (Lipinski definition) is 2. The molecular weight excluding hydrogens is 338 g/mol. The molecule has 27 heavy (non-hydrogen) atoms. The van der Waals surface area contributed by atoms with Crippen LogP contribution in [0.1, 0.15) is 17.7 Å². The number of aryl methyl sites for hydroxylation is 2. The minimum atomic E-state index is 0.865. The van der Waals surface area contributed by atoms with Gasteiger partial charge in [0.25, 0.3) is 0 Å². The Bertz CT molecular complexity index is 939. The molecule has 0 saturated carbocycles. The van der Waals surface area contributed by atoms with Crippen molar-refractivity contribution in [3.05, 3.63) is 29.5 Å². The van der Waals surface area contributed by atoms with Crippen molar-refractivity contribution >= 4 is 16.7 Å². The van der Waals surface area contributed by atoms with E-state index in [9.17, 15) is 0 Å². The Morgan fingerprint density at radius 2 is 1.89 bits per heavy atom. The van der Waals surface area contributed by atoms with Gasteiger partial charge in [-0.15, -0.1) is 0 Å². The molecule has 0 radical (unpaired) electrons. The summed E-state index contributed by atoms with van der Waals surface area (Å²) >= 11 is 0. The summed E-state index contributed by atoms with van der Waals surface area (Å²) < 4.78 is 2.12. The quantitative estimate of drug-likeness (QED) is 0.727. The minimum Gasteiger partial charge on any atom is -0.369 e. The standard InChI is InChI=1S/C20H27N7/c1-14-10-15(26-8-6-25(2)7-9-26)11-17-19(14)23-20(22-17)18-12-16-13-21-4-3-5-27(16)24-18/h10-12,21H,3-9,13H2,1-2H3,(H,22,23). The number of likely N-dealkylation sites (N-methyl/N-ethyl adjacent to an activating group) is 1. The van der Waals surface area contributed by atoms with Crippen molar-refractivity contribution in [1.82, 2.24) is 30.0 Å². The van der Waals surface area contributed by atoms with E-state index in [-0.39, 0.29) is 0 Å². The molecule has 3 aromatic rings. The lowest BCUT2D eigenvalue weighted by atomic mass is 10.1. The molecule has 0 amide bonds. The monoisotopic (exact) mass is 365 g/mol. The van der Waals surface area contributed by atoms with Crippen LogP contribution in [-0.2, 0) is 13.1 Å². The number of imidazole rings is 1. The third kappa shape index (κ3) is 3.11. The third-order valence-corrected chi connectivity index (χ3v) is 5.77. The lowest BCUT2D eigenvalue weighted by molar-refractivity contribution is 0.313. The lowest BCUT2D eigenvalue weighted by Crippen LogP contribution is -2.44. The van der Waals surface area contributed by atoms with Gasteiger partial charge in [-0.3, -0.25) is 4.68 Å². The number of fused-ring (bicyclic) bond motifs is 2. The van der Waals surface area contributed by atoms with Crippen LogP contribution in [0.15, 0.2) is 18.2 Å². The maximum absolute atomic E-state index is 4.87. The molecule has 1 aromatic carbocycles. The van der Waals surface area contributed by atoms with Crippen LogP contribution in [0.2, 0.25) is 0 Å². The van der Waals surface area contributed by atoms with Gasteiger partial charge in [-0.05, 0) is 50.7 Å². The largest absolute Gasteiger partial charge is 0.369 e. The van der Waals surface area contributed by atoms with Gasteiger partial charge in [0.1, 0.15) is 5.69 Å². The van der Waals surface area contributed by atoms with E-state index in [0.29, 0.717) is 0 Å². The van der Waals surface area contributed by atoms with E-state index in [4.69, 9.17) is 10.1 Å². The highest BCUT2D eigenvalue weighted by Gasteiger charge is 2.18. The van der Waals surface area contributed by atoms with Crippen molar-refractivity contribution in [3.8, 4) is 11.5 Å². The summed E-state index contributed by atoms with van der Waals surface area (Å²) in [5, 5.41) is 8.24. The molecule has 1 saturated heterocycles. The zero-order chi connectivity index (χ0) is 18.4. The smallest absolute Gasteiger partial charge is 0.159 e. The summed E-state index contributed by atoms with van der Waals surface area (Å²) in [7, 11) is 2.19. The average molecular weight is 365 g/mol. The van der Waals surface area contributed by atoms with Crippen LogP contribution in [0.4, 0.5) is 5.69 Å². The third-order valence-electron chi connectivity index (χ3n) is 5.77. The van der Waals surface area contributed by atoms with Crippen LogP contribution < -0.4 is 10.2 Å². The number of aromatic amines is 1. The molecule has 142 valence electrons. The molecule has 0 bridgehead atoms. The summed E-state index contributed by atoms with van der Waals surface area (Å²) in [5.74, 6) is 0.865. The molecule has 2 aliphatic rings. The van der Waals surface area contributed by atoms with Gasteiger partial charge in [0.2, 0.25) is 0 Å². The first-order valence-electron chi connectivity index (χ1n) is 9.89. The maximum Gasteiger partial charge on any atom is 0.159 e. The topological polar surface area (TPSA) is 65.0 Å². The summed E-state index contributed by atoms with van der Waals surface area (Å²) in [6, 6.07) is 6.67. The average Bonchev–Trinajstić information content (AvgIpc) is 3.21. The number of hydrogen-bond acceptors (Lipinski definition) is 5. The van der Waals surface area contributed by atoms with Crippen LogP contribution in [0.25, 0.3) is 22.6 Å². The van der Waals surface area contributed by atoms with Crippen LogP contribution in [-0.4, -0.2) is 64.4 Å². The molecule has 0 atom stereocenters. The van der Waals surface area contributed by atoms with E-state index in [1.807, 2.05) is 0 Å². The molecule has 5 rings (SSSR count). The predicted octanol–water partition coefficient (Wildman–Crippen LogP) is 1.98. The first-order chi connectivity index (χ1) is 13.2. The van der Waals surface area contributed by atoms with Gasteiger partial charge in [0, 0.05) is 45.0 Å². The molecular formula is C20H27N7. The van der Waals surface area contributed by atoms with Gasteiger partial charge in [0.15, 0.2) is 5.82 Å². The van der Waals surface area contributed by atoms with E-state index in [1.54, 1.807) is 0 Å². The van der Waals surface area contributed by atoms with Crippen LogP contribution in [0, 0.1) is 6.92 Å². The van der Waals surface area contributed by atoms with E-state index in [1.165, 1.54) is 16.9 Å². The Labute approximate surface area is 159 Å². The number of aromatic nitrogens is 4. The number of benzene rings is 1. The number of rotatable bonds is 2. The second kappa shape index (κ2) is 6.65. The van der Waals surface area contributed by atoms with Crippen molar-refractivity contribution in [2.75, 3.05) is 44.7 Å². The number of anilines is 1. The first-order valence-corrected chi connectivity index (χ1v) is 9.89. The van der Waals surface area contributed by atoms with Crippen molar-refractivity contribution in [1.29, 1.82) is 0 Å². The van der Waals surface area contributed by atoms with Crippen molar-refractivity contribution in [3.63, 3.8) is 0 Å². The SMILES string of the molecule is Cc1cc(N2CCN(C)CC2)cc2[nH]c(-c3cc4n(n3)CCCNC4)nc12. The minimum absolute atomic E-state index is 0.865. The maximum atomic E-state index is 4.87. The molecule has 0 spiro atoms. The van der Waals surface area contributed by atoms with E-state index in [2.05, 4.69) is 57.0 Å². The fraction of sp³-hybridized carbons (Fsp3) is 0.500. The highest BCUT2D eigenvalue weighted by atomic mass is 15.3. The Hall–Kier alpha value is -2.38. The molecule has 2 aromatic heterocycles. The lowest BCUT2D eigenvalue weighted by Gasteiger charge is -2.34. The highest BCUT2D eigenvalue weighted by Crippen LogP contribution is 2.28. The summed E-state index contributed by atoms with van der Waals surface area (Å²) in [6.07, 6.45) is 1.11. The van der Waals surface area contributed by atoms with Gasteiger partial charge >= 0.3 is 0 Å². The molecule has 2 aliphatic heterocycles. The fourth-order valence-electron chi connectivity index (χ4n) is 4.12. The Morgan fingerprint density at radius 1 is 1.04 bits per heavy atom. The van der Waals surface area contributed by atoms with Crippen LogP contribution in [0.3, 0.4) is 0 Å². The first kappa shape index (κ1) is 16.8. The normalized spacial score (nSPS) is 18.7. The summed E-state index contributed by atoms with van der Waals surface area (Å²) in [5.41, 5.74) is 6.81. The second-order valence-corrected chi connectivity index (χ2v) is 7.81. The van der Waals surface area contributed by atoms with Crippen LogP contribution >= 0.6 is 0 Å². The van der Waals surface area contributed by atoms with Gasteiger partial charge in [-0.2, -0.15) is 5.10 Å². The molecule has 0 aliphatic carbocycles. The van der Waals surface area contributed by atoms with Gasteiger partial charge < -0.3 is 20.1 Å². The number of nitrogens with zero attached hydrogens (tertiary/aromatic N) is 5. The molecule has 7 heteroatoms. The van der Waals surface area contributed by atoms with Gasteiger partial charge in [-0.1, -0.05) is 0 Å². The molecule has 7 nitrogen and oxygen atoms in total. The van der Waals surface area contributed by atoms with Gasteiger partial charge in [-0.25, -0.2) is 4.98 Å². The van der Waals surface area contributed by atoms with Crippen molar-refractivity contribution < 1.29 is 0 Å². The van der Waals surface area contributed by atoms with Crippen molar-refractivity contribution in [2.45, 2.75) is 26.4 Å². The predicted molar refractivity (Wildman–Crippen MR) is 108 cm³/mol. The molecule has 2 N–H and O–H groups in total. The zero-order valence-electron chi connectivity index (χ0n) is 16.1. The summed E-state index contributed by atoms with van der Waals surface area (Å²) in [4.78, 5) is 13.2. The Balaban J connectivity index is 1.49. The number of piperazine rings is 1. The van der Waals surface area contributed by atoms with E-state index in [0.717, 1.165) is 74.8 Å². The van der Waals surface area contributed by atoms with Crippen LogP contribution in [0.5, 0.6) is 0 Å². The highest BCUT2D eigenvalue weighted by molar-refractivity contribution is 5.85. The molecule has 1 fully saturated rings.